The van der Waals surface area contributed by atoms with Crippen LogP contribution in [0.1, 0.15) is 51.2 Å². The molecule has 5 rings (SSSR count). The molecule has 4 atom stereocenters. The predicted molar refractivity (Wildman–Crippen MR) is 113 cm³/mol. The minimum Gasteiger partial charge on any atom is -0.540 e. The van der Waals surface area contributed by atoms with Crippen LogP contribution in [0.2, 0.25) is 5.04 Å². The molecule has 1 saturated heterocycles. The lowest BCUT2D eigenvalue weighted by molar-refractivity contribution is -0.00973. The monoisotopic (exact) mass is 396 g/mol. The summed E-state index contributed by atoms with van der Waals surface area (Å²) in [6.45, 7) is 9.75. The SMILES string of the molecule is CC(C)(C)[Si]Oc1ccc2c3c1C[C@@H]1[C@@H]4C=CCC(O2)[C@]34CCN1CCCN. The van der Waals surface area contributed by atoms with Gasteiger partial charge in [0.25, 0.3) is 0 Å². The fourth-order valence-electron chi connectivity index (χ4n) is 5.98. The second-order valence-corrected chi connectivity index (χ2v) is 11.8. The largest absolute Gasteiger partial charge is 0.540 e. The fourth-order valence-corrected chi connectivity index (χ4v) is 6.59. The second-order valence-electron chi connectivity index (χ2n) is 9.91. The van der Waals surface area contributed by atoms with Gasteiger partial charge in [0.2, 0.25) is 0 Å². The molecular weight excluding hydrogens is 364 g/mol. The molecule has 2 aliphatic carbocycles. The van der Waals surface area contributed by atoms with Crippen LogP contribution in [0.25, 0.3) is 0 Å². The summed E-state index contributed by atoms with van der Waals surface area (Å²) in [5.41, 5.74) is 8.89. The molecule has 28 heavy (non-hydrogen) atoms. The molecule has 2 radical (unpaired) electrons. The van der Waals surface area contributed by atoms with Gasteiger partial charge in [-0.15, -0.1) is 0 Å². The average molecular weight is 397 g/mol. The molecule has 0 aromatic heterocycles. The third-order valence-electron chi connectivity index (χ3n) is 7.06. The van der Waals surface area contributed by atoms with E-state index >= 15 is 0 Å². The summed E-state index contributed by atoms with van der Waals surface area (Å²) in [4.78, 5) is 2.69. The number of rotatable bonds is 5. The third kappa shape index (κ3) is 2.70. The Bertz CT molecular complexity index is 803. The maximum absolute atomic E-state index is 6.55. The Labute approximate surface area is 171 Å². The molecule has 1 aromatic rings. The van der Waals surface area contributed by atoms with Crippen molar-refractivity contribution in [3.05, 3.63) is 35.4 Å². The standard InChI is InChI=1S/C23H32N2O2Si/c1-22(2,3)28-27-18-8-9-19-21-15(18)14-17-16-6-4-7-20(26-19)23(16,21)10-13-25(17)12-5-11-24/h4,6,8-9,16-17,20H,5,7,10-14,24H2,1-3H3/t16-,17+,20?,23+/m0/s1. The zero-order valence-corrected chi connectivity index (χ0v) is 18.3. The summed E-state index contributed by atoms with van der Waals surface area (Å²) in [6.07, 6.45) is 9.49. The van der Waals surface area contributed by atoms with Crippen LogP contribution in [0, 0.1) is 5.92 Å². The van der Waals surface area contributed by atoms with Gasteiger partial charge in [-0.3, -0.25) is 4.90 Å². The number of piperidine rings is 1. The Kier molecular flexibility index (Phi) is 4.42. The first-order chi connectivity index (χ1) is 13.4. The van der Waals surface area contributed by atoms with Gasteiger partial charge in [-0.1, -0.05) is 32.9 Å². The van der Waals surface area contributed by atoms with Crippen LogP contribution in [0.15, 0.2) is 24.3 Å². The van der Waals surface area contributed by atoms with Crippen LogP contribution in [-0.2, 0) is 11.8 Å². The molecule has 4 aliphatic rings. The third-order valence-corrected chi connectivity index (χ3v) is 7.99. The van der Waals surface area contributed by atoms with Crippen molar-refractivity contribution in [3.63, 3.8) is 0 Å². The first kappa shape index (κ1) is 18.7. The van der Waals surface area contributed by atoms with Gasteiger partial charge in [0.05, 0.1) is 0 Å². The van der Waals surface area contributed by atoms with E-state index in [9.17, 15) is 0 Å². The van der Waals surface area contributed by atoms with Crippen LogP contribution >= 0.6 is 0 Å². The summed E-state index contributed by atoms with van der Waals surface area (Å²) in [5, 5.41) is 0.177. The van der Waals surface area contributed by atoms with Gasteiger partial charge in [-0.25, -0.2) is 0 Å². The van der Waals surface area contributed by atoms with E-state index in [1.807, 2.05) is 0 Å². The molecule has 1 aromatic carbocycles. The fraction of sp³-hybridized carbons (Fsp3) is 0.652. The molecule has 2 bridgehead atoms. The summed E-state index contributed by atoms with van der Waals surface area (Å²) >= 11 is 0. The topological polar surface area (TPSA) is 47.7 Å². The van der Waals surface area contributed by atoms with E-state index in [0.717, 1.165) is 50.4 Å². The van der Waals surface area contributed by atoms with Crippen molar-refractivity contribution in [2.24, 2.45) is 11.7 Å². The highest BCUT2D eigenvalue weighted by Gasteiger charge is 2.62. The van der Waals surface area contributed by atoms with Crippen molar-refractivity contribution in [2.45, 2.75) is 69.1 Å². The molecule has 2 N–H and O–H groups in total. The van der Waals surface area contributed by atoms with Crippen LogP contribution in [0.3, 0.4) is 0 Å². The van der Waals surface area contributed by atoms with Gasteiger partial charge in [-0.2, -0.15) is 0 Å². The molecule has 1 unspecified atom stereocenters. The van der Waals surface area contributed by atoms with Gasteiger partial charge < -0.3 is 14.9 Å². The normalized spacial score (nSPS) is 32.8. The first-order valence-corrected chi connectivity index (χ1v) is 11.7. The molecule has 0 saturated carbocycles. The number of hydrogen-bond acceptors (Lipinski definition) is 4. The number of hydrogen-bond donors (Lipinski definition) is 1. The lowest BCUT2D eigenvalue weighted by atomic mass is 9.53. The molecule has 5 heteroatoms. The molecule has 0 amide bonds. The Hall–Kier alpha value is -1.30. The molecule has 2 heterocycles. The van der Waals surface area contributed by atoms with Crippen molar-refractivity contribution in [1.29, 1.82) is 0 Å². The van der Waals surface area contributed by atoms with Crippen molar-refractivity contribution in [3.8, 4) is 11.5 Å². The van der Waals surface area contributed by atoms with E-state index < -0.39 is 0 Å². The highest BCUT2D eigenvalue weighted by Crippen LogP contribution is 2.62. The number of benzene rings is 1. The smallest absolute Gasteiger partial charge is 0.316 e. The molecule has 150 valence electrons. The molecule has 1 spiro atoms. The van der Waals surface area contributed by atoms with Gasteiger partial charge in [0.1, 0.15) is 17.6 Å². The minimum atomic E-state index is 0.145. The summed E-state index contributed by atoms with van der Waals surface area (Å²) in [7, 11) is 0.461. The van der Waals surface area contributed by atoms with Crippen molar-refractivity contribution in [2.75, 3.05) is 19.6 Å². The maximum Gasteiger partial charge on any atom is 0.316 e. The van der Waals surface area contributed by atoms with Crippen molar-refractivity contribution in [1.82, 2.24) is 4.90 Å². The lowest BCUT2D eigenvalue weighted by Gasteiger charge is -2.56. The summed E-state index contributed by atoms with van der Waals surface area (Å²) in [6, 6.07) is 4.87. The Morgan fingerprint density at radius 1 is 1.36 bits per heavy atom. The van der Waals surface area contributed by atoms with Crippen LogP contribution in [-0.4, -0.2) is 46.4 Å². The van der Waals surface area contributed by atoms with Crippen molar-refractivity contribution < 1.29 is 9.16 Å². The van der Waals surface area contributed by atoms with Crippen LogP contribution in [0.5, 0.6) is 11.5 Å². The second kappa shape index (κ2) is 6.61. The summed E-state index contributed by atoms with van der Waals surface area (Å²) < 4.78 is 13.0. The van der Waals surface area contributed by atoms with Gasteiger partial charge in [0.15, 0.2) is 0 Å². The van der Waals surface area contributed by atoms with Gasteiger partial charge in [-0.05, 0) is 56.1 Å². The Morgan fingerprint density at radius 2 is 2.21 bits per heavy atom. The quantitative estimate of drug-likeness (QED) is 0.612. The van der Waals surface area contributed by atoms with Crippen LogP contribution < -0.4 is 14.9 Å². The Morgan fingerprint density at radius 3 is 3.00 bits per heavy atom. The highest BCUT2D eigenvalue weighted by molar-refractivity contribution is 6.32. The highest BCUT2D eigenvalue weighted by atomic mass is 28.2. The van der Waals surface area contributed by atoms with Gasteiger partial charge in [0, 0.05) is 34.9 Å². The number of nitrogens with zero attached hydrogens (tertiary/aromatic N) is 1. The molecule has 4 nitrogen and oxygen atoms in total. The van der Waals surface area contributed by atoms with Crippen LogP contribution in [0.4, 0.5) is 0 Å². The zero-order chi connectivity index (χ0) is 19.5. The van der Waals surface area contributed by atoms with E-state index in [1.54, 1.807) is 0 Å². The van der Waals surface area contributed by atoms with E-state index in [4.69, 9.17) is 14.9 Å². The van der Waals surface area contributed by atoms with E-state index in [2.05, 4.69) is 50.0 Å². The van der Waals surface area contributed by atoms with E-state index in [1.165, 1.54) is 17.5 Å². The van der Waals surface area contributed by atoms with E-state index in [-0.39, 0.29) is 16.6 Å². The van der Waals surface area contributed by atoms with Gasteiger partial charge >= 0.3 is 9.76 Å². The maximum atomic E-state index is 6.55. The average Bonchev–Trinajstić information content (AvgIpc) is 2.98. The minimum absolute atomic E-state index is 0.145. The van der Waals surface area contributed by atoms with Crippen molar-refractivity contribution >= 4 is 9.76 Å². The number of ether oxygens (including phenoxy) is 1. The predicted octanol–water partition coefficient (Wildman–Crippen LogP) is 3.46. The first-order valence-electron chi connectivity index (χ1n) is 10.8. The Balaban J connectivity index is 1.58. The zero-order valence-electron chi connectivity index (χ0n) is 17.3. The molecule has 2 aliphatic heterocycles. The van der Waals surface area contributed by atoms with E-state index in [0.29, 0.717) is 21.7 Å². The molecule has 1 fully saturated rings. The number of likely N-dealkylation sites (tertiary alicyclic amines) is 1. The number of nitrogens with two attached hydrogens (primary N) is 1. The summed E-state index contributed by atoms with van der Waals surface area (Å²) in [5.74, 6) is 2.76. The lowest BCUT2D eigenvalue weighted by Crippen LogP contribution is -2.63. The molecular formula is C23H32N2O2Si.